The molecule has 0 aliphatic heterocycles. The summed E-state index contributed by atoms with van der Waals surface area (Å²) >= 11 is 0. The lowest BCUT2D eigenvalue weighted by Gasteiger charge is -2.24. The number of aromatic nitrogens is 3. The van der Waals surface area contributed by atoms with Crippen molar-refractivity contribution in [3.8, 4) is 22.6 Å². The Bertz CT molecular complexity index is 1440. The number of hydrogen-bond acceptors (Lipinski definition) is 3. The summed E-state index contributed by atoms with van der Waals surface area (Å²) in [4.78, 5) is 12.9. The lowest BCUT2D eigenvalue weighted by Crippen LogP contribution is -2.26. The summed E-state index contributed by atoms with van der Waals surface area (Å²) in [6, 6.07) is 34.1. The Balaban J connectivity index is 1.57. The molecule has 2 heterocycles. The van der Waals surface area contributed by atoms with Gasteiger partial charge >= 0.3 is 0 Å². The first kappa shape index (κ1) is 25.9. The molecule has 0 radical (unpaired) electrons. The third kappa shape index (κ3) is 6.03. The second-order valence-corrected chi connectivity index (χ2v) is 10.0. The summed E-state index contributed by atoms with van der Waals surface area (Å²) < 4.78 is 2.48. The van der Waals surface area contributed by atoms with Crippen LogP contribution in [0.15, 0.2) is 97.1 Å². The third-order valence-corrected chi connectivity index (χ3v) is 7.13. The van der Waals surface area contributed by atoms with E-state index in [1.54, 1.807) is 0 Å². The first-order chi connectivity index (χ1) is 18.8. The Kier molecular flexibility index (Phi) is 8.62. The quantitative estimate of drug-likeness (QED) is 0.172. The van der Waals surface area contributed by atoms with Crippen LogP contribution >= 0.6 is 0 Å². The van der Waals surface area contributed by atoms with Gasteiger partial charge in [0.1, 0.15) is 5.82 Å². The molecule has 3 aromatic carbocycles. The minimum Gasteiger partial charge on any atom is -0.326 e. The SMILES string of the molecule is CCCCN(Cc1ccc2ccccc2n1)Cc1c(-c2ccccc2)nc(-c2ccccc2)n1CCCC. The summed E-state index contributed by atoms with van der Waals surface area (Å²) in [6.07, 6.45) is 4.59. The fraction of sp³-hybridized carbons (Fsp3) is 0.294. The molecule has 194 valence electrons. The van der Waals surface area contributed by atoms with Crippen LogP contribution in [0.4, 0.5) is 0 Å². The van der Waals surface area contributed by atoms with Gasteiger partial charge in [0, 0.05) is 36.1 Å². The fourth-order valence-electron chi connectivity index (χ4n) is 5.07. The van der Waals surface area contributed by atoms with Crippen LogP contribution in [-0.4, -0.2) is 26.0 Å². The van der Waals surface area contributed by atoms with Gasteiger partial charge in [-0.15, -0.1) is 0 Å². The molecule has 38 heavy (non-hydrogen) atoms. The molecule has 0 saturated heterocycles. The molecule has 0 spiro atoms. The fourth-order valence-corrected chi connectivity index (χ4v) is 5.07. The van der Waals surface area contributed by atoms with Gasteiger partial charge in [-0.25, -0.2) is 4.98 Å². The normalized spacial score (nSPS) is 11.4. The van der Waals surface area contributed by atoms with Crippen molar-refractivity contribution in [2.24, 2.45) is 0 Å². The number of para-hydroxylation sites is 1. The number of hydrogen-bond donors (Lipinski definition) is 0. The molecule has 0 bridgehead atoms. The zero-order valence-corrected chi connectivity index (χ0v) is 22.7. The highest BCUT2D eigenvalue weighted by Crippen LogP contribution is 2.31. The molecule has 0 fully saturated rings. The van der Waals surface area contributed by atoms with Gasteiger partial charge in [0.15, 0.2) is 0 Å². The van der Waals surface area contributed by atoms with E-state index < -0.39 is 0 Å². The van der Waals surface area contributed by atoms with E-state index >= 15 is 0 Å². The van der Waals surface area contributed by atoms with Crippen LogP contribution in [0.25, 0.3) is 33.5 Å². The highest BCUT2D eigenvalue weighted by atomic mass is 15.2. The first-order valence-corrected chi connectivity index (χ1v) is 14.0. The van der Waals surface area contributed by atoms with Crippen LogP contribution in [0.1, 0.15) is 50.9 Å². The number of pyridine rings is 1. The van der Waals surface area contributed by atoms with Crippen molar-refractivity contribution in [3.63, 3.8) is 0 Å². The smallest absolute Gasteiger partial charge is 0.140 e. The monoisotopic (exact) mass is 502 g/mol. The molecular formula is C34H38N4. The molecule has 0 atom stereocenters. The predicted molar refractivity (Wildman–Crippen MR) is 159 cm³/mol. The molecule has 0 unspecified atom stereocenters. The van der Waals surface area contributed by atoms with Crippen LogP contribution in [0, 0.1) is 0 Å². The topological polar surface area (TPSA) is 34.0 Å². The molecule has 0 saturated carbocycles. The van der Waals surface area contributed by atoms with Gasteiger partial charge in [0.2, 0.25) is 0 Å². The predicted octanol–water partition coefficient (Wildman–Crippen LogP) is 8.37. The molecule has 0 aliphatic carbocycles. The van der Waals surface area contributed by atoms with E-state index in [1.165, 1.54) is 22.2 Å². The summed E-state index contributed by atoms with van der Waals surface area (Å²) in [7, 11) is 0. The highest BCUT2D eigenvalue weighted by molar-refractivity contribution is 5.78. The molecule has 4 nitrogen and oxygen atoms in total. The van der Waals surface area contributed by atoms with Gasteiger partial charge in [-0.2, -0.15) is 0 Å². The Labute approximate surface area is 227 Å². The molecule has 5 rings (SSSR count). The van der Waals surface area contributed by atoms with Crippen LogP contribution in [0.3, 0.4) is 0 Å². The summed E-state index contributed by atoms with van der Waals surface area (Å²) in [5.74, 6) is 1.06. The summed E-state index contributed by atoms with van der Waals surface area (Å²) in [5.41, 5.74) is 6.90. The lowest BCUT2D eigenvalue weighted by atomic mass is 10.1. The van der Waals surface area contributed by atoms with E-state index in [-0.39, 0.29) is 0 Å². The van der Waals surface area contributed by atoms with E-state index in [4.69, 9.17) is 9.97 Å². The van der Waals surface area contributed by atoms with Crippen LogP contribution < -0.4 is 0 Å². The molecule has 0 N–H and O–H groups in total. The standard InChI is InChI=1S/C34H38N4/c1-3-5-23-37(25-30-22-21-27-15-13-14-20-31(27)35-30)26-32-33(28-16-9-7-10-17-28)36-34(38(32)24-6-4-2)29-18-11-8-12-19-29/h7-22H,3-6,23-26H2,1-2H3. The van der Waals surface area contributed by atoms with E-state index in [1.807, 2.05) is 0 Å². The number of unbranched alkanes of at least 4 members (excludes halogenated alkanes) is 2. The van der Waals surface area contributed by atoms with Gasteiger partial charge in [0.05, 0.1) is 22.6 Å². The van der Waals surface area contributed by atoms with Crippen molar-refractivity contribution in [2.75, 3.05) is 6.54 Å². The minimum absolute atomic E-state index is 0.818. The maximum Gasteiger partial charge on any atom is 0.140 e. The van der Waals surface area contributed by atoms with Crippen LogP contribution in [0.5, 0.6) is 0 Å². The van der Waals surface area contributed by atoms with Gasteiger partial charge in [-0.1, -0.05) is 112 Å². The Morgan fingerprint density at radius 2 is 1.34 bits per heavy atom. The van der Waals surface area contributed by atoms with E-state index in [0.29, 0.717) is 0 Å². The summed E-state index contributed by atoms with van der Waals surface area (Å²) in [5, 5.41) is 1.19. The second kappa shape index (κ2) is 12.7. The number of imidazole rings is 1. The third-order valence-electron chi connectivity index (χ3n) is 7.13. The molecule has 0 aliphatic rings. The van der Waals surface area contributed by atoms with Gasteiger partial charge in [0.25, 0.3) is 0 Å². The van der Waals surface area contributed by atoms with Crippen molar-refractivity contribution in [3.05, 3.63) is 108 Å². The summed E-state index contributed by atoms with van der Waals surface area (Å²) in [6.45, 7) is 8.17. The molecular weight excluding hydrogens is 464 g/mol. The van der Waals surface area contributed by atoms with Crippen molar-refractivity contribution in [1.82, 2.24) is 19.4 Å². The van der Waals surface area contributed by atoms with Gasteiger partial charge in [-0.3, -0.25) is 9.88 Å². The van der Waals surface area contributed by atoms with Crippen molar-refractivity contribution < 1.29 is 0 Å². The van der Waals surface area contributed by atoms with Gasteiger partial charge < -0.3 is 4.57 Å². The number of nitrogens with zero attached hydrogens (tertiary/aromatic N) is 4. The molecule has 4 heteroatoms. The van der Waals surface area contributed by atoms with E-state index in [9.17, 15) is 0 Å². The number of fused-ring (bicyclic) bond motifs is 1. The molecule has 0 amide bonds. The van der Waals surface area contributed by atoms with E-state index in [0.717, 1.165) is 74.6 Å². The first-order valence-electron chi connectivity index (χ1n) is 14.0. The maximum atomic E-state index is 5.31. The maximum absolute atomic E-state index is 5.31. The minimum atomic E-state index is 0.818. The second-order valence-electron chi connectivity index (χ2n) is 10.0. The highest BCUT2D eigenvalue weighted by Gasteiger charge is 2.22. The number of benzene rings is 3. The zero-order valence-electron chi connectivity index (χ0n) is 22.7. The number of rotatable bonds is 12. The van der Waals surface area contributed by atoms with Crippen LogP contribution in [-0.2, 0) is 19.6 Å². The Morgan fingerprint density at radius 3 is 2.08 bits per heavy atom. The van der Waals surface area contributed by atoms with Gasteiger partial charge in [-0.05, 0) is 31.5 Å². The zero-order chi connectivity index (χ0) is 26.2. The average Bonchev–Trinajstić information content (AvgIpc) is 3.33. The molecule has 5 aromatic rings. The van der Waals surface area contributed by atoms with Crippen molar-refractivity contribution >= 4 is 10.9 Å². The average molecular weight is 503 g/mol. The lowest BCUT2D eigenvalue weighted by molar-refractivity contribution is 0.244. The van der Waals surface area contributed by atoms with Crippen LogP contribution in [0.2, 0.25) is 0 Å². The largest absolute Gasteiger partial charge is 0.326 e. The van der Waals surface area contributed by atoms with E-state index in [2.05, 4.69) is 120 Å². The molecule has 2 aromatic heterocycles. The Morgan fingerprint density at radius 1 is 0.658 bits per heavy atom. The van der Waals surface area contributed by atoms with Crippen molar-refractivity contribution in [1.29, 1.82) is 0 Å². The Hall–Kier alpha value is -3.76. The van der Waals surface area contributed by atoms with Crippen molar-refractivity contribution in [2.45, 2.75) is 59.2 Å².